The van der Waals surface area contributed by atoms with Gasteiger partial charge in [-0.25, -0.2) is 14.2 Å². The van der Waals surface area contributed by atoms with Crippen LogP contribution in [0.5, 0.6) is 5.75 Å². The third-order valence-corrected chi connectivity index (χ3v) is 5.84. The van der Waals surface area contributed by atoms with Crippen LogP contribution in [0.1, 0.15) is 21.5 Å². The zero-order valence-electron chi connectivity index (χ0n) is 19.9. The van der Waals surface area contributed by atoms with Gasteiger partial charge >= 0.3 is 6.03 Å². The molecule has 5 rings (SSSR count). The number of aryl methyl sites for hydroxylation is 1. The second kappa shape index (κ2) is 10.3. The van der Waals surface area contributed by atoms with Crippen molar-refractivity contribution >= 4 is 28.7 Å². The number of imidazole rings is 1. The Bertz CT molecular complexity index is 1560. The van der Waals surface area contributed by atoms with Crippen LogP contribution in [0, 0.1) is 12.7 Å². The van der Waals surface area contributed by atoms with Crippen LogP contribution in [0.2, 0.25) is 0 Å². The van der Waals surface area contributed by atoms with Crippen LogP contribution in [-0.2, 0) is 6.61 Å². The molecule has 37 heavy (non-hydrogen) atoms. The maximum Gasteiger partial charge on any atom is 0.326 e. The van der Waals surface area contributed by atoms with Crippen molar-refractivity contribution in [1.82, 2.24) is 15.3 Å². The number of ether oxygens (including phenoxy) is 1. The van der Waals surface area contributed by atoms with Gasteiger partial charge in [0.25, 0.3) is 5.91 Å². The first kappa shape index (κ1) is 23.7. The number of benzene rings is 4. The fourth-order valence-electron chi connectivity index (χ4n) is 3.85. The minimum Gasteiger partial charge on any atom is -0.489 e. The van der Waals surface area contributed by atoms with Crippen LogP contribution in [0.4, 0.5) is 14.9 Å². The third-order valence-electron chi connectivity index (χ3n) is 5.84. The molecule has 0 bridgehead atoms. The summed E-state index contributed by atoms with van der Waals surface area (Å²) in [6.45, 7) is 2.02. The van der Waals surface area contributed by atoms with Gasteiger partial charge in [0.15, 0.2) is 0 Å². The molecule has 184 valence electrons. The van der Waals surface area contributed by atoms with Crippen LogP contribution < -0.4 is 15.4 Å². The van der Waals surface area contributed by atoms with E-state index in [-0.39, 0.29) is 18.0 Å². The van der Waals surface area contributed by atoms with Crippen molar-refractivity contribution in [2.24, 2.45) is 0 Å². The molecule has 1 heterocycles. The van der Waals surface area contributed by atoms with Gasteiger partial charge < -0.3 is 15.0 Å². The number of carbonyl (C=O) groups excluding carboxylic acids is 2. The summed E-state index contributed by atoms with van der Waals surface area (Å²) >= 11 is 0. The number of hydrogen-bond acceptors (Lipinski definition) is 4. The van der Waals surface area contributed by atoms with E-state index in [1.54, 1.807) is 42.5 Å². The van der Waals surface area contributed by atoms with E-state index in [2.05, 4.69) is 20.6 Å². The van der Waals surface area contributed by atoms with Gasteiger partial charge in [0, 0.05) is 22.4 Å². The Hall–Kier alpha value is -4.98. The van der Waals surface area contributed by atoms with Gasteiger partial charge in [0.05, 0.1) is 11.0 Å². The number of halogens is 1. The summed E-state index contributed by atoms with van der Waals surface area (Å²) in [7, 11) is 0. The molecule has 0 saturated carbocycles. The molecule has 0 saturated heterocycles. The highest BCUT2D eigenvalue weighted by Gasteiger charge is 2.13. The summed E-state index contributed by atoms with van der Waals surface area (Å²) < 4.78 is 19.3. The Kier molecular flexibility index (Phi) is 6.63. The molecular weight excluding hydrogens is 471 g/mol. The molecule has 5 aromatic rings. The molecule has 0 aliphatic carbocycles. The lowest BCUT2D eigenvalue weighted by molar-refractivity contribution is 0.0967. The first-order valence-corrected chi connectivity index (χ1v) is 11.6. The van der Waals surface area contributed by atoms with Crippen molar-refractivity contribution in [2.45, 2.75) is 13.5 Å². The predicted molar refractivity (Wildman–Crippen MR) is 140 cm³/mol. The van der Waals surface area contributed by atoms with E-state index in [1.165, 1.54) is 18.2 Å². The maximum absolute atomic E-state index is 13.7. The van der Waals surface area contributed by atoms with Gasteiger partial charge in [-0.1, -0.05) is 36.4 Å². The Labute approximate surface area is 212 Å². The number of rotatable bonds is 6. The first-order chi connectivity index (χ1) is 18.0. The highest BCUT2D eigenvalue weighted by atomic mass is 19.1. The number of H-pyrrole nitrogens is 1. The average molecular weight is 495 g/mol. The Morgan fingerprint density at radius 1 is 0.946 bits per heavy atom. The van der Waals surface area contributed by atoms with E-state index in [4.69, 9.17) is 4.74 Å². The molecule has 0 aliphatic rings. The Balaban J connectivity index is 1.21. The first-order valence-electron chi connectivity index (χ1n) is 11.6. The number of para-hydroxylation sites is 2. The van der Waals surface area contributed by atoms with Crippen LogP contribution in [-0.4, -0.2) is 21.9 Å². The fraction of sp³-hybridized carbons (Fsp3) is 0.0690. The van der Waals surface area contributed by atoms with Crippen LogP contribution in [0.25, 0.3) is 22.4 Å². The molecule has 0 aliphatic heterocycles. The Morgan fingerprint density at radius 3 is 2.49 bits per heavy atom. The number of aromatic nitrogens is 2. The summed E-state index contributed by atoms with van der Waals surface area (Å²) in [5.74, 6) is 0.253. The van der Waals surface area contributed by atoms with Gasteiger partial charge in [0.2, 0.25) is 0 Å². The molecule has 3 N–H and O–H groups in total. The predicted octanol–water partition coefficient (Wildman–Crippen LogP) is 6.22. The number of anilines is 1. The van der Waals surface area contributed by atoms with Gasteiger partial charge in [-0.15, -0.1) is 0 Å². The zero-order chi connectivity index (χ0) is 25.8. The standard InChI is InChI=1S/C29H23FN4O3/c1-18-10-13-21(16-23(18)27-32-25-8-4-5-9-26(25)33-27)31-29(36)34-28(35)19-11-14-22(15-12-19)37-17-20-6-2-3-7-24(20)30/h2-16H,17H2,1H3,(H,32,33)(H2,31,34,35,36). The average Bonchev–Trinajstić information content (AvgIpc) is 3.34. The van der Waals surface area contributed by atoms with E-state index in [0.717, 1.165) is 22.2 Å². The number of carbonyl (C=O) groups is 2. The summed E-state index contributed by atoms with van der Waals surface area (Å²) in [5.41, 5.74) is 4.82. The van der Waals surface area contributed by atoms with E-state index in [9.17, 15) is 14.0 Å². The SMILES string of the molecule is Cc1ccc(NC(=O)NC(=O)c2ccc(OCc3ccccc3F)cc2)cc1-c1nc2ccccc2[nH]1. The van der Waals surface area contributed by atoms with Crippen molar-refractivity contribution in [2.75, 3.05) is 5.32 Å². The molecule has 0 fully saturated rings. The lowest BCUT2D eigenvalue weighted by Crippen LogP contribution is -2.34. The number of urea groups is 1. The second-order valence-electron chi connectivity index (χ2n) is 8.44. The second-order valence-corrected chi connectivity index (χ2v) is 8.44. The van der Waals surface area contributed by atoms with Crippen LogP contribution >= 0.6 is 0 Å². The number of aromatic amines is 1. The maximum atomic E-state index is 13.7. The Morgan fingerprint density at radius 2 is 1.70 bits per heavy atom. The molecule has 0 spiro atoms. The lowest BCUT2D eigenvalue weighted by atomic mass is 10.1. The number of hydrogen-bond donors (Lipinski definition) is 3. The quantitative estimate of drug-likeness (QED) is 0.261. The molecule has 3 amide bonds. The summed E-state index contributed by atoms with van der Waals surface area (Å²) in [4.78, 5) is 33.0. The number of nitrogens with one attached hydrogen (secondary N) is 3. The highest BCUT2D eigenvalue weighted by molar-refractivity contribution is 6.08. The van der Waals surface area contributed by atoms with Gasteiger partial charge in [0.1, 0.15) is 24.0 Å². The van der Waals surface area contributed by atoms with Crippen molar-refractivity contribution in [1.29, 1.82) is 0 Å². The molecule has 8 heteroatoms. The molecule has 7 nitrogen and oxygen atoms in total. The van der Waals surface area contributed by atoms with Gasteiger partial charge in [-0.2, -0.15) is 0 Å². The largest absolute Gasteiger partial charge is 0.489 e. The molecular formula is C29H23FN4O3. The number of imide groups is 1. The van der Waals surface area contributed by atoms with Gasteiger partial charge in [-0.05, 0) is 67.1 Å². The van der Waals surface area contributed by atoms with Crippen molar-refractivity contribution in [3.05, 3.63) is 114 Å². The summed E-state index contributed by atoms with van der Waals surface area (Å²) in [6, 6.07) is 25.1. The number of fused-ring (bicyclic) bond motifs is 1. The van der Waals surface area contributed by atoms with E-state index in [1.807, 2.05) is 37.3 Å². The molecule has 4 aromatic carbocycles. The highest BCUT2D eigenvalue weighted by Crippen LogP contribution is 2.26. The summed E-state index contributed by atoms with van der Waals surface area (Å²) in [5, 5.41) is 5.02. The minimum absolute atomic E-state index is 0.0627. The summed E-state index contributed by atoms with van der Waals surface area (Å²) in [6.07, 6.45) is 0. The molecule has 1 aromatic heterocycles. The smallest absolute Gasteiger partial charge is 0.326 e. The van der Waals surface area contributed by atoms with E-state index < -0.39 is 11.9 Å². The molecule has 0 atom stereocenters. The monoisotopic (exact) mass is 494 g/mol. The molecule has 0 radical (unpaired) electrons. The topological polar surface area (TPSA) is 96.1 Å². The van der Waals surface area contributed by atoms with E-state index >= 15 is 0 Å². The zero-order valence-corrected chi connectivity index (χ0v) is 19.9. The van der Waals surface area contributed by atoms with E-state index in [0.29, 0.717) is 22.8 Å². The van der Waals surface area contributed by atoms with Crippen molar-refractivity contribution in [3.8, 4) is 17.1 Å². The fourth-order valence-corrected chi connectivity index (χ4v) is 3.85. The van der Waals surface area contributed by atoms with Gasteiger partial charge in [-0.3, -0.25) is 10.1 Å². The number of amides is 3. The normalized spacial score (nSPS) is 10.8. The van der Waals surface area contributed by atoms with Crippen LogP contribution in [0.3, 0.4) is 0 Å². The third kappa shape index (κ3) is 5.48. The van der Waals surface area contributed by atoms with Crippen LogP contribution in [0.15, 0.2) is 91.0 Å². The number of nitrogens with zero attached hydrogens (tertiary/aromatic N) is 1. The van der Waals surface area contributed by atoms with Crippen molar-refractivity contribution < 1.29 is 18.7 Å². The molecule has 0 unspecified atom stereocenters. The van der Waals surface area contributed by atoms with Crippen molar-refractivity contribution in [3.63, 3.8) is 0 Å². The lowest BCUT2D eigenvalue weighted by Gasteiger charge is -2.10. The minimum atomic E-state index is -0.663.